The highest BCUT2D eigenvalue weighted by Crippen LogP contribution is 2.37. The van der Waals surface area contributed by atoms with Gasteiger partial charge in [-0.1, -0.05) is 0 Å². The zero-order valence-electron chi connectivity index (χ0n) is 12.5. The first-order chi connectivity index (χ1) is 8.74. The summed E-state index contributed by atoms with van der Waals surface area (Å²) in [5.74, 6) is 0. The number of piperidine rings is 1. The Balaban J connectivity index is 1.94. The van der Waals surface area contributed by atoms with Crippen LogP contribution < -0.4 is 0 Å². The number of nitrogens with zero attached hydrogens (tertiary/aromatic N) is 2. The van der Waals surface area contributed by atoms with E-state index in [9.17, 15) is 9.90 Å². The second kappa shape index (κ2) is 4.94. The van der Waals surface area contributed by atoms with Crippen LogP contribution in [0.5, 0.6) is 0 Å². The molecular weight excluding hydrogens is 244 g/mol. The lowest BCUT2D eigenvalue weighted by atomic mass is 9.83. The predicted molar refractivity (Wildman–Crippen MR) is 73.0 cm³/mol. The number of hydrogen-bond acceptors (Lipinski definition) is 4. The van der Waals surface area contributed by atoms with E-state index in [1.54, 1.807) is 4.90 Å². The van der Waals surface area contributed by atoms with Gasteiger partial charge in [0.1, 0.15) is 5.60 Å². The molecule has 2 saturated heterocycles. The monoisotopic (exact) mass is 270 g/mol. The predicted octanol–water partition coefficient (Wildman–Crippen LogP) is 1.45. The van der Waals surface area contributed by atoms with Crippen LogP contribution in [0, 0.1) is 0 Å². The topological polar surface area (TPSA) is 53.0 Å². The third-order valence-electron chi connectivity index (χ3n) is 4.40. The van der Waals surface area contributed by atoms with Gasteiger partial charge in [0.15, 0.2) is 0 Å². The Hall–Kier alpha value is -0.810. The van der Waals surface area contributed by atoms with E-state index in [2.05, 4.69) is 11.9 Å². The average molecular weight is 270 g/mol. The van der Waals surface area contributed by atoms with Gasteiger partial charge in [0, 0.05) is 25.2 Å². The third kappa shape index (κ3) is 2.87. The van der Waals surface area contributed by atoms with Gasteiger partial charge in [0.25, 0.3) is 0 Å². The summed E-state index contributed by atoms with van der Waals surface area (Å²) in [7, 11) is 2.07. The average Bonchev–Trinajstić information content (AvgIpc) is 2.57. The van der Waals surface area contributed by atoms with Gasteiger partial charge in [-0.3, -0.25) is 4.90 Å². The number of ether oxygens (including phenoxy) is 1. The van der Waals surface area contributed by atoms with Gasteiger partial charge < -0.3 is 14.7 Å². The Morgan fingerprint density at radius 3 is 2.26 bits per heavy atom. The van der Waals surface area contributed by atoms with E-state index in [4.69, 9.17) is 4.74 Å². The first-order valence-electron chi connectivity index (χ1n) is 7.12. The molecule has 5 nitrogen and oxygen atoms in total. The maximum Gasteiger partial charge on any atom is 0.410 e. The molecule has 0 saturated carbocycles. The van der Waals surface area contributed by atoms with Crippen molar-refractivity contribution in [3.63, 3.8) is 0 Å². The van der Waals surface area contributed by atoms with Crippen LogP contribution in [0.2, 0.25) is 0 Å². The van der Waals surface area contributed by atoms with Crippen LogP contribution in [-0.4, -0.2) is 64.9 Å². The van der Waals surface area contributed by atoms with Crippen LogP contribution in [0.1, 0.15) is 40.0 Å². The quantitative estimate of drug-likeness (QED) is 0.724. The first-order valence-corrected chi connectivity index (χ1v) is 7.12. The van der Waals surface area contributed by atoms with Crippen LogP contribution in [-0.2, 0) is 4.74 Å². The Morgan fingerprint density at radius 1 is 1.26 bits per heavy atom. The van der Waals surface area contributed by atoms with Gasteiger partial charge in [0.05, 0.1) is 6.10 Å². The molecule has 19 heavy (non-hydrogen) atoms. The molecule has 0 aliphatic carbocycles. The molecular formula is C14H26N2O3. The molecule has 2 aliphatic heterocycles. The number of likely N-dealkylation sites (tertiary alicyclic amines) is 2. The number of hydrogen-bond donors (Lipinski definition) is 1. The molecule has 2 rings (SSSR count). The van der Waals surface area contributed by atoms with Gasteiger partial charge in [-0.2, -0.15) is 0 Å². The second-order valence-corrected chi connectivity index (χ2v) is 6.80. The zero-order valence-corrected chi connectivity index (χ0v) is 12.5. The molecule has 1 amide bonds. The van der Waals surface area contributed by atoms with E-state index < -0.39 is 5.60 Å². The molecule has 0 aromatic heterocycles. The van der Waals surface area contributed by atoms with Crippen LogP contribution in [0.15, 0.2) is 0 Å². The minimum Gasteiger partial charge on any atom is -0.444 e. The van der Waals surface area contributed by atoms with E-state index in [0.717, 1.165) is 25.8 Å². The summed E-state index contributed by atoms with van der Waals surface area (Å²) in [5.41, 5.74) is -0.575. The van der Waals surface area contributed by atoms with Gasteiger partial charge in [-0.15, -0.1) is 0 Å². The van der Waals surface area contributed by atoms with E-state index in [0.29, 0.717) is 13.1 Å². The number of amides is 1. The summed E-state index contributed by atoms with van der Waals surface area (Å²) in [6, 6.07) is 0. The molecule has 110 valence electrons. The lowest BCUT2D eigenvalue weighted by Crippen LogP contribution is -2.57. The molecule has 5 heteroatoms. The highest BCUT2D eigenvalue weighted by molar-refractivity contribution is 5.68. The summed E-state index contributed by atoms with van der Waals surface area (Å²) >= 11 is 0. The van der Waals surface area contributed by atoms with Crippen LogP contribution in [0.3, 0.4) is 0 Å². The summed E-state index contributed by atoms with van der Waals surface area (Å²) in [6.45, 7) is 7.90. The molecule has 0 radical (unpaired) electrons. The Kier molecular flexibility index (Phi) is 3.80. The summed E-state index contributed by atoms with van der Waals surface area (Å²) in [4.78, 5) is 16.0. The molecule has 1 N–H and O–H groups in total. The number of rotatable bonds is 0. The number of carbonyl (C=O) groups excluding carboxylic acids is 1. The van der Waals surface area contributed by atoms with E-state index >= 15 is 0 Å². The molecule has 1 atom stereocenters. The molecule has 0 bridgehead atoms. The van der Waals surface area contributed by atoms with Crippen molar-refractivity contribution in [1.82, 2.24) is 9.80 Å². The highest BCUT2D eigenvalue weighted by atomic mass is 16.6. The fourth-order valence-electron chi connectivity index (χ4n) is 3.18. The number of likely N-dealkylation sites (N-methyl/N-ethyl adjacent to an activating group) is 1. The van der Waals surface area contributed by atoms with Gasteiger partial charge in [-0.25, -0.2) is 4.79 Å². The maximum atomic E-state index is 12.0. The Morgan fingerprint density at radius 2 is 1.84 bits per heavy atom. The van der Waals surface area contributed by atoms with Crippen molar-refractivity contribution in [1.29, 1.82) is 0 Å². The van der Waals surface area contributed by atoms with Crippen molar-refractivity contribution >= 4 is 6.09 Å². The lowest BCUT2D eigenvalue weighted by molar-refractivity contribution is -0.0233. The normalized spacial score (nSPS) is 27.8. The summed E-state index contributed by atoms with van der Waals surface area (Å²) in [6.07, 6.45) is 1.98. The smallest absolute Gasteiger partial charge is 0.410 e. The van der Waals surface area contributed by atoms with Gasteiger partial charge in [0.2, 0.25) is 0 Å². The molecule has 0 aromatic carbocycles. The fraction of sp³-hybridized carbons (Fsp3) is 0.929. The van der Waals surface area contributed by atoms with Crippen LogP contribution in [0.25, 0.3) is 0 Å². The van der Waals surface area contributed by atoms with Crippen molar-refractivity contribution in [3.8, 4) is 0 Å². The summed E-state index contributed by atoms with van der Waals surface area (Å²) < 4.78 is 5.39. The Bertz CT molecular complexity index is 331. The zero-order chi connectivity index (χ0) is 14.3. The van der Waals surface area contributed by atoms with Crippen molar-refractivity contribution in [2.24, 2.45) is 0 Å². The maximum absolute atomic E-state index is 12.0. The van der Waals surface area contributed by atoms with Crippen molar-refractivity contribution < 1.29 is 14.6 Å². The minimum atomic E-state index is -0.449. The van der Waals surface area contributed by atoms with Crippen molar-refractivity contribution in [3.05, 3.63) is 0 Å². The summed E-state index contributed by atoms with van der Waals surface area (Å²) in [5, 5.41) is 10.2. The van der Waals surface area contributed by atoms with Gasteiger partial charge >= 0.3 is 6.09 Å². The van der Waals surface area contributed by atoms with Crippen LogP contribution in [0.4, 0.5) is 4.79 Å². The molecule has 1 unspecified atom stereocenters. The molecule has 2 heterocycles. The lowest BCUT2D eigenvalue weighted by Gasteiger charge is -2.45. The molecule has 2 fully saturated rings. The van der Waals surface area contributed by atoms with Crippen LogP contribution >= 0.6 is 0 Å². The minimum absolute atomic E-state index is 0.126. The van der Waals surface area contributed by atoms with E-state index in [1.165, 1.54) is 0 Å². The van der Waals surface area contributed by atoms with Gasteiger partial charge in [-0.05, 0) is 47.1 Å². The standard InChI is InChI=1S/C14H26N2O3/c1-13(2,3)19-12(18)16-9-6-14(7-10-16)11(17)5-8-15(14)4/h11,17H,5-10H2,1-4H3. The number of carbonyl (C=O) groups is 1. The van der Waals surface area contributed by atoms with E-state index in [1.807, 2.05) is 20.8 Å². The third-order valence-corrected chi connectivity index (χ3v) is 4.40. The van der Waals surface area contributed by atoms with Crippen molar-refractivity contribution in [2.45, 2.75) is 57.3 Å². The van der Waals surface area contributed by atoms with E-state index in [-0.39, 0.29) is 17.7 Å². The Labute approximate surface area is 115 Å². The molecule has 1 spiro atoms. The second-order valence-electron chi connectivity index (χ2n) is 6.80. The SMILES string of the molecule is CN1CCC(O)C12CCN(C(=O)OC(C)(C)C)CC2. The number of aliphatic hydroxyl groups excluding tert-OH is 1. The fourth-order valence-corrected chi connectivity index (χ4v) is 3.18. The highest BCUT2D eigenvalue weighted by Gasteiger charge is 2.48. The number of aliphatic hydroxyl groups is 1. The van der Waals surface area contributed by atoms with Crippen molar-refractivity contribution in [2.75, 3.05) is 26.7 Å². The first kappa shape index (κ1) is 14.6. The molecule has 0 aromatic rings. The largest absolute Gasteiger partial charge is 0.444 e. The molecule has 2 aliphatic rings.